The highest BCUT2D eigenvalue weighted by atomic mass is 32.2. The van der Waals surface area contributed by atoms with Crippen molar-refractivity contribution in [2.24, 2.45) is 5.92 Å². The topological polar surface area (TPSA) is 191 Å². The van der Waals surface area contributed by atoms with Crippen LogP contribution in [0.3, 0.4) is 0 Å². The number of fused-ring (bicyclic) bond motifs is 1. The van der Waals surface area contributed by atoms with Crippen molar-refractivity contribution in [2.45, 2.75) is 18.3 Å². The van der Waals surface area contributed by atoms with Crippen LogP contribution in [0.5, 0.6) is 0 Å². The molecule has 13 nitrogen and oxygen atoms in total. The molecular formula is C22H28N4O9S. The minimum atomic E-state index is -3.78. The minimum Gasteiger partial charge on any atom is -0.477 e. The summed E-state index contributed by atoms with van der Waals surface area (Å²) in [6, 6.07) is 6.57. The van der Waals surface area contributed by atoms with Crippen LogP contribution in [-0.2, 0) is 41.9 Å². The molecule has 196 valence electrons. The second kappa shape index (κ2) is 12.0. The van der Waals surface area contributed by atoms with E-state index in [0.29, 0.717) is 16.0 Å². The van der Waals surface area contributed by atoms with E-state index in [2.05, 4.69) is 16.0 Å². The number of hydrogen-bond acceptors (Lipinski definition) is 9. The van der Waals surface area contributed by atoms with Gasteiger partial charge in [-0.1, -0.05) is 24.3 Å². The molecule has 2 amide bonds. The van der Waals surface area contributed by atoms with Crippen molar-refractivity contribution in [3.63, 3.8) is 0 Å². The molecule has 0 aliphatic carbocycles. The van der Waals surface area contributed by atoms with Gasteiger partial charge >= 0.3 is 18.0 Å². The van der Waals surface area contributed by atoms with Gasteiger partial charge in [-0.3, -0.25) is 14.5 Å². The number of carbonyl (C=O) groups excluding carboxylic acids is 2. The predicted octanol–water partition coefficient (Wildman–Crippen LogP) is -1.10. The molecule has 1 aromatic rings. The summed E-state index contributed by atoms with van der Waals surface area (Å²) in [7, 11) is -3.78. The van der Waals surface area contributed by atoms with Crippen molar-refractivity contribution >= 4 is 33.8 Å². The quantitative estimate of drug-likeness (QED) is 0.215. The summed E-state index contributed by atoms with van der Waals surface area (Å²) in [6.45, 7) is 4.13. The maximum Gasteiger partial charge on any atom is 0.404 e. The summed E-state index contributed by atoms with van der Waals surface area (Å²) >= 11 is 0. The molecule has 2 atom stereocenters. The third-order valence-electron chi connectivity index (χ3n) is 5.67. The van der Waals surface area contributed by atoms with Crippen molar-refractivity contribution in [2.75, 3.05) is 38.5 Å². The highest BCUT2D eigenvalue weighted by molar-refractivity contribution is 7.92. The molecule has 4 rings (SSSR count). The SMILES string of the molecule is C1CNCCN1.O=C(O)NCc1cccc(CC(=O)OC[C@@H]2C(=O)N3C(C(=O)O)=CCS(=O)(=O)[C@@H]23)c1. The molecule has 36 heavy (non-hydrogen) atoms. The Labute approximate surface area is 207 Å². The van der Waals surface area contributed by atoms with Gasteiger partial charge in [0.1, 0.15) is 18.2 Å². The zero-order valence-corrected chi connectivity index (χ0v) is 20.1. The maximum atomic E-state index is 12.3. The first-order valence-corrected chi connectivity index (χ1v) is 12.9. The Bertz CT molecular complexity index is 1140. The number of nitrogens with one attached hydrogen (secondary N) is 3. The third-order valence-corrected chi connectivity index (χ3v) is 7.58. The second-order valence-corrected chi connectivity index (χ2v) is 10.4. The fraction of sp³-hybridized carbons (Fsp3) is 0.455. The number of benzene rings is 1. The van der Waals surface area contributed by atoms with Crippen molar-refractivity contribution in [3.8, 4) is 0 Å². The van der Waals surface area contributed by atoms with Gasteiger partial charge in [-0.05, 0) is 17.2 Å². The Morgan fingerprint density at radius 3 is 2.31 bits per heavy atom. The monoisotopic (exact) mass is 524 g/mol. The number of carbonyl (C=O) groups is 4. The van der Waals surface area contributed by atoms with Crippen LogP contribution in [0.2, 0.25) is 0 Å². The number of β-lactam (4-membered cyclic amide) rings is 1. The number of ether oxygens (including phenoxy) is 1. The number of carboxylic acid groups (broad SMARTS) is 2. The molecule has 2 fully saturated rings. The van der Waals surface area contributed by atoms with E-state index in [1.807, 2.05) is 0 Å². The van der Waals surface area contributed by atoms with Gasteiger partial charge in [-0.2, -0.15) is 0 Å². The molecule has 0 saturated carbocycles. The van der Waals surface area contributed by atoms with E-state index >= 15 is 0 Å². The standard InChI is InChI=1S/C18H18N2O9S.C4H10N2/c21-14(7-10-2-1-3-11(6-10)8-19-18(25)26)29-9-12-15(22)20-13(17(23)24)4-5-30(27,28)16(12)20;1-2-6-4-3-5-1/h1-4,6,12,16,19H,5,7-9H2,(H,23,24)(H,25,26);5-6H,1-4H2/t12-,16+;/m1./s1. The number of rotatable bonds is 7. The van der Waals surface area contributed by atoms with E-state index in [1.54, 1.807) is 24.3 Å². The average Bonchev–Trinajstić information content (AvgIpc) is 2.84. The molecule has 0 bridgehead atoms. The Morgan fingerprint density at radius 1 is 1.08 bits per heavy atom. The van der Waals surface area contributed by atoms with Crippen LogP contribution in [0.25, 0.3) is 0 Å². The van der Waals surface area contributed by atoms with E-state index in [-0.39, 0.29) is 13.0 Å². The first-order chi connectivity index (χ1) is 17.1. The fourth-order valence-electron chi connectivity index (χ4n) is 3.96. The molecule has 3 heterocycles. The first kappa shape index (κ1) is 27.1. The number of hydrogen-bond donors (Lipinski definition) is 5. The van der Waals surface area contributed by atoms with Crippen molar-refractivity contribution < 1.29 is 42.5 Å². The van der Waals surface area contributed by atoms with E-state index in [0.717, 1.165) is 32.3 Å². The predicted molar refractivity (Wildman–Crippen MR) is 125 cm³/mol. The lowest BCUT2D eigenvalue weighted by Gasteiger charge is -2.47. The number of piperazine rings is 1. The Hall–Kier alpha value is -3.49. The van der Waals surface area contributed by atoms with Gasteiger partial charge in [0, 0.05) is 32.7 Å². The van der Waals surface area contributed by atoms with Gasteiger partial charge in [0.15, 0.2) is 15.2 Å². The smallest absolute Gasteiger partial charge is 0.404 e. The van der Waals surface area contributed by atoms with Crippen molar-refractivity contribution in [1.29, 1.82) is 0 Å². The third kappa shape index (κ3) is 6.80. The van der Waals surface area contributed by atoms with Crippen LogP contribution in [0.15, 0.2) is 36.0 Å². The first-order valence-electron chi connectivity index (χ1n) is 11.2. The normalized spacial score (nSPS) is 22.1. The maximum absolute atomic E-state index is 12.3. The number of esters is 1. The van der Waals surface area contributed by atoms with Gasteiger partial charge in [0.2, 0.25) is 5.91 Å². The lowest BCUT2D eigenvalue weighted by Crippen LogP contribution is -2.67. The molecule has 2 saturated heterocycles. The van der Waals surface area contributed by atoms with Gasteiger partial charge in [0.25, 0.3) is 0 Å². The van der Waals surface area contributed by atoms with Crippen LogP contribution in [-0.4, -0.2) is 91.4 Å². The molecule has 0 aromatic heterocycles. The highest BCUT2D eigenvalue weighted by Crippen LogP contribution is 2.38. The molecule has 3 aliphatic heterocycles. The van der Waals surface area contributed by atoms with Crippen molar-refractivity contribution in [1.82, 2.24) is 20.9 Å². The molecule has 5 N–H and O–H groups in total. The zero-order valence-electron chi connectivity index (χ0n) is 19.3. The second-order valence-electron chi connectivity index (χ2n) is 8.27. The molecular weight excluding hydrogens is 496 g/mol. The summed E-state index contributed by atoms with van der Waals surface area (Å²) in [5.41, 5.74) is 0.788. The Kier molecular flexibility index (Phi) is 9.01. The summed E-state index contributed by atoms with van der Waals surface area (Å²) in [4.78, 5) is 46.8. The lowest BCUT2D eigenvalue weighted by atomic mass is 9.97. The molecule has 0 unspecified atom stereocenters. The number of sulfone groups is 1. The van der Waals surface area contributed by atoms with E-state index in [1.165, 1.54) is 0 Å². The molecule has 3 aliphatic rings. The van der Waals surface area contributed by atoms with E-state index in [9.17, 15) is 27.6 Å². The Morgan fingerprint density at radius 2 is 1.72 bits per heavy atom. The summed E-state index contributed by atoms with van der Waals surface area (Å²) < 4.78 is 29.5. The molecule has 1 aromatic carbocycles. The van der Waals surface area contributed by atoms with Gasteiger partial charge < -0.3 is 30.9 Å². The lowest BCUT2D eigenvalue weighted by molar-refractivity contribution is -0.160. The van der Waals surface area contributed by atoms with Crippen LogP contribution in [0, 0.1) is 5.92 Å². The summed E-state index contributed by atoms with van der Waals surface area (Å²) in [5, 5.41) is 25.0. The molecule has 0 radical (unpaired) electrons. The largest absolute Gasteiger partial charge is 0.477 e. The number of nitrogens with zero attached hydrogens (tertiary/aromatic N) is 1. The fourth-order valence-corrected chi connectivity index (χ4v) is 5.78. The van der Waals surface area contributed by atoms with Crippen LogP contribution < -0.4 is 16.0 Å². The van der Waals surface area contributed by atoms with Gasteiger partial charge in [-0.15, -0.1) is 0 Å². The number of amides is 2. The van der Waals surface area contributed by atoms with Gasteiger partial charge in [0.05, 0.1) is 12.2 Å². The highest BCUT2D eigenvalue weighted by Gasteiger charge is 2.58. The number of aliphatic carboxylic acids is 1. The average molecular weight is 525 g/mol. The van der Waals surface area contributed by atoms with E-state index in [4.69, 9.17) is 14.9 Å². The Balaban J connectivity index is 0.000000526. The zero-order chi connectivity index (χ0) is 26.3. The molecule has 14 heteroatoms. The number of carboxylic acids is 1. The van der Waals surface area contributed by atoms with Crippen LogP contribution >= 0.6 is 0 Å². The van der Waals surface area contributed by atoms with E-state index < -0.39 is 63.1 Å². The van der Waals surface area contributed by atoms with Crippen LogP contribution in [0.4, 0.5) is 4.79 Å². The van der Waals surface area contributed by atoms with Crippen LogP contribution in [0.1, 0.15) is 11.1 Å². The summed E-state index contributed by atoms with van der Waals surface area (Å²) in [6.07, 6.45) is -0.374. The summed E-state index contributed by atoms with van der Waals surface area (Å²) in [5.74, 6) is -4.51. The molecule has 0 spiro atoms. The van der Waals surface area contributed by atoms with Gasteiger partial charge in [-0.25, -0.2) is 18.0 Å². The van der Waals surface area contributed by atoms with Crippen molar-refractivity contribution in [3.05, 3.63) is 47.2 Å². The minimum absolute atomic E-state index is 0.0591.